The van der Waals surface area contributed by atoms with Crippen LogP contribution in [0.15, 0.2) is 66.7 Å². The van der Waals surface area contributed by atoms with Gasteiger partial charge in [-0.15, -0.1) is 0 Å². The lowest BCUT2D eigenvalue weighted by molar-refractivity contribution is -0.157. The maximum atomic E-state index is 12.5. The average Bonchev–Trinajstić information content (AvgIpc) is 2.88. The molecule has 0 aliphatic heterocycles. The molecule has 0 bridgehead atoms. The molecule has 1 fully saturated rings. The maximum absolute atomic E-state index is 12.5. The molecule has 4 rings (SSSR count). The largest absolute Gasteiger partial charge is 0.480 e. The number of carbonyl (C=O) groups excluding carboxylic acids is 1. The SMILES string of the molecule is CCC(C)OC(=O)C(C(=O)O)c1ccc(C2CCCC(N[C@H](C)c3cccc4ccccc34)C2)cc1. The highest BCUT2D eigenvalue weighted by molar-refractivity contribution is 6.00. The number of hydrogen-bond donors (Lipinski definition) is 2. The second-order valence-electron chi connectivity index (χ2n) is 10.1. The van der Waals surface area contributed by atoms with Gasteiger partial charge in [-0.2, -0.15) is 0 Å². The molecule has 0 heterocycles. The number of carboxylic acids is 1. The molecule has 1 aliphatic carbocycles. The third kappa shape index (κ3) is 5.96. The second kappa shape index (κ2) is 11.7. The van der Waals surface area contributed by atoms with Gasteiger partial charge in [0.2, 0.25) is 0 Å². The Bertz CT molecular complexity index is 1180. The summed E-state index contributed by atoms with van der Waals surface area (Å²) in [6.45, 7) is 5.91. The van der Waals surface area contributed by atoms with E-state index in [1.807, 2.05) is 19.1 Å². The predicted octanol–water partition coefficient (Wildman–Crippen LogP) is 6.73. The minimum atomic E-state index is -1.30. The van der Waals surface area contributed by atoms with Gasteiger partial charge in [0, 0.05) is 12.1 Å². The summed E-state index contributed by atoms with van der Waals surface area (Å²) in [5.74, 6) is -2.77. The summed E-state index contributed by atoms with van der Waals surface area (Å²) in [6.07, 6.45) is 4.78. The van der Waals surface area contributed by atoms with Crippen molar-refractivity contribution in [2.45, 2.75) is 82.9 Å². The Labute approximate surface area is 213 Å². The number of carboxylic acid groups (broad SMARTS) is 1. The lowest BCUT2D eigenvalue weighted by Gasteiger charge is -2.33. The normalized spacial score (nSPS) is 20.4. The Balaban J connectivity index is 1.43. The summed E-state index contributed by atoms with van der Waals surface area (Å²) in [4.78, 5) is 24.3. The lowest BCUT2D eigenvalue weighted by Crippen LogP contribution is -2.35. The van der Waals surface area contributed by atoms with E-state index >= 15 is 0 Å². The summed E-state index contributed by atoms with van der Waals surface area (Å²) < 4.78 is 5.31. The maximum Gasteiger partial charge on any atom is 0.325 e. The van der Waals surface area contributed by atoms with Crippen LogP contribution < -0.4 is 5.32 Å². The van der Waals surface area contributed by atoms with Crippen LogP contribution in [0.1, 0.15) is 87.4 Å². The Morgan fingerprint density at radius 3 is 2.44 bits per heavy atom. The Kier molecular flexibility index (Phi) is 8.42. The highest BCUT2D eigenvalue weighted by Crippen LogP contribution is 2.35. The predicted molar refractivity (Wildman–Crippen MR) is 143 cm³/mol. The van der Waals surface area contributed by atoms with Crippen LogP contribution in [0.25, 0.3) is 10.8 Å². The molecule has 1 aliphatic rings. The van der Waals surface area contributed by atoms with Crippen molar-refractivity contribution in [1.82, 2.24) is 5.32 Å². The van der Waals surface area contributed by atoms with Crippen molar-refractivity contribution in [2.24, 2.45) is 0 Å². The molecule has 36 heavy (non-hydrogen) atoms. The van der Waals surface area contributed by atoms with Gasteiger partial charge < -0.3 is 15.2 Å². The fraction of sp³-hybridized carbons (Fsp3) is 0.419. The fourth-order valence-corrected chi connectivity index (χ4v) is 5.41. The zero-order valence-electron chi connectivity index (χ0n) is 21.4. The van der Waals surface area contributed by atoms with Crippen LogP contribution in [0, 0.1) is 0 Å². The zero-order chi connectivity index (χ0) is 25.7. The van der Waals surface area contributed by atoms with E-state index < -0.39 is 17.9 Å². The molecule has 5 heteroatoms. The molecule has 0 spiro atoms. The molecule has 1 saturated carbocycles. The van der Waals surface area contributed by atoms with Crippen LogP contribution in [-0.4, -0.2) is 29.2 Å². The molecule has 190 valence electrons. The third-order valence-electron chi connectivity index (χ3n) is 7.57. The van der Waals surface area contributed by atoms with Gasteiger partial charge in [-0.3, -0.25) is 9.59 Å². The summed E-state index contributed by atoms with van der Waals surface area (Å²) >= 11 is 0. The van der Waals surface area contributed by atoms with E-state index in [0.29, 0.717) is 23.9 Å². The third-order valence-corrected chi connectivity index (χ3v) is 7.57. The van der Waals surface area contributed by atoms with Crippen LogP contribution in [0.3, 0.4) is 0 Å². The number of fused-ring (bicyclic) bond motifs is 1. The van der Waals surface area contributed by atoms with Gasteiger partial charge in [-0.05, 0) is 72.9 Å². The standard InChI is InChI=1S/C31H37NO4/c1-4-20(2)36-31(35)29(30(33)34)24-17-15-22(16-18-24)25-11-7-12-26(19-25)32-21(3)27-14-8-10-23-9-5-6-13-28(23)27/h5-6,8-10,13-18,20-21,25-26,29,32H,4,7,11-12,19H2,1-3H3,(H,33,34)/t20?,21-,25?,26?,29?/m1/s1. The van der Waals surface area contributed by atoms with Gasteiger partial charge in [0.05, 0.1) is 6.10 Å². The van der Waals surface area contributed by atoms with Crippen molar-refractivity contribution in [3.8, 4) is 0 Å². The number of nitrogens with one attached hydrogen (secondary N) is 1. The summed E-state index contributed by atoms with van der Waals surface area (Å²) in [5.41, 5.74) is 2.99. The molecule has 3 aromatic carbocycles. The number of ether oxygens (including phenoxy) is 1. The Morgan fingerprint density at radius 2 is 1.72 bits per heavy atom. The summed E-state index contributed by atoms with van der Waals surface area (Å²) in [7, 11) is 0. The minimum Gasteiger partial charge on any atom is -0.480 e. The summed E-state index contributed by atoms with van der Waals surface area (Å²) in [5, 5.41) is 16.1. The fourth-order valence-electron chi connectivity index (χ4n) is 5.41. The first kappa shape index (κ1) is 25.9. The van der Waals surface area contributed by atoms with E-state index in [4.69, 9.17) is 4.74 Å². The number of carbonyl (C=O) groups is 2. The molecule has 0 saturated heterocycles. The second-order valence-corrected chi connectivity index (χ2v) is 10.1. The minimum absolute atomic E-state index is 0.245. The van der Waals surface area contributed by atoms with Crippen LogP contribution in [-0.2, 0) is 14.3 Å². The lowest BCUT2D eigenvalue weighted by atomic mass is 9.80. The van der Waals surface area contributed by atoms with Crippen LogP contribution in [0.5, 0.6) is 0 Å². The number of aliphatic carboxylic acids is 1. The van der Waals surface area contributed by atoms with Crippen molar-refractivity contribution in [3.05, 3.63) is 83.4 Å². The van der Waals surface area contributed by atoms with Gasteiger partial charge in [0.25, 0.3) is 0 Å². The van der Waals surface area contributed by atoms with Crippen molar-refractivity contribution in [2.75, 3.05) is 0 Å². The topological polar surface area (TPSA) is 75.6 Å². The molecular formula is C31H37NO4. The molecule has 3 aromatic rings. The molecule has 0 aromatic heterocycles. The molecule has 5 nitrogen and oxygen atoms in total. The molecule has 2 N–H and O–H groups in total. The highest BCUT2D eigenvalue weighted by atomic mass is 16.5. The molecular weight excluding hydrogens is 450 g/mol. The number of rotatable bonds is 9. The van der Waals surface area contributed by atoms with Crippen molar-refractivity contribution in [1.29, 1.82) is 0 Å². The van der Waals surface area contributed by atoms with Gasteiger partial charge in [-0.1, -0.05) is 80.1 Å². The van der Waals surface area contributed by atoms with Crippen LogP contribution in [0.4, 0.5) is 0 Å². The first-order valence-corrected chi connectivity index (χ1v) is 13.1. The van der Waals surface area contributed by atoms with Crippen molar-refractivity contribution in [3.63, 3.8) is 0 Å². The number of esters is 1. The quantitative estimate of drug-likeness (QED) is 0.259. The van der Waals surface area contributed by atoms with Gasteiger partial charge in [0.1, 0.15) is 0 Å². The van der Waals surface area contributed by atoms with Gasteiger partial charge in [-0.25, -0.2) is 0 Å². The van der Waals surface area contributed by atoms with Crippen LogP contribution in [0.2, 0.25) is 0 Å². The van der Waals surface area contributed by atoms with Crippen molar-refractivity contribution >= 4 is 22.7 Å². The first-order valence-electron chi connectivity index (χ1n) is 13.1. The van der Waals surface area contributed by atoms with Gasteiger partial charge >= 0.3 is 11.9 Å². The molecule has 0 radical (unpaired) electrons. The van der Waals surface area contributed by atoms with E-state index in [0.717, 1.165) is 25.7 Å². The monoisotopic (exact) mass is 487 g/mol. The van der Waals surface area contributed by atoms with Crippen molar-refractivity contribution < 1.29 is 19.4 Å². The van der Waals surface area contributed by atoms with E-state index in [1.54, 1.807) is 19.1 Å². The molecule has 4 unspecified atom stereocenters. The number of benzene rings is 3. The first-order chi connectivity index (χ1) is 17.4. The summed E-state index contributed by atoms with van der Waals surface area (Å²) in [6, 6.07) is 23.2. The number of hydrogen-bond acceptors (Lipinski definition) is 4. The molecule has 0 amide bonds. The average molecular weight is 488 g/mol. The van der Waals surface area contributed by atoms with E-state index in [-0.39, 0.29) is 12.1 Å². The molecule has 5 atom stereocenters. The van der Waals surface area contributed by atoms with Gasteiger partial charge in [0.15, 0.2) is 5.92 Å². The van der Waals surface area contributed by atoms with E-state index in [9.17, 15) is 14.7 Å². The van der Waals surface area contributed by atoms with E-state index in [1.165, 1.54) is 21.9 Å². The van der Waals surface area contributed by atoms with Crippen LogP contribution >= 0.6 is 0 Å². The highest BCUT2D eigenvalue weighted by Gasteiger charge is 2.31. The Morgan fingerprint density at radius 1 is 1.00 bits per heavy atom. The zero-order valence-corrected chi connectivity index (χ0v) is 21.4. The Hall–Kier alpha value is -3.18. The van der Waals surface area contributed by atoms with E-state index in [2.05, 4.69) is 54.7 Å². The smallest absolute Gasteiger partial charge is 0.325 e.